The maximum absolute atomic E-state index is 9.83. The molecule has 0 amide bonds. The molecule has 1 saturated heterocycles. The van der Waals surface area contributed by atoms with Crippen LogP contribution in [0, 0.1) is 0 Å². The molecule has 1 aliphatic carbocycles. The Hall–Kier alpha value is -1.02. The van der Waals surface area contributed by atoms with Gasteiger partial charge in [-0.3, -0.25) is 0 Å². The summed E-state index contributed by atoms with van der Waals surface area (Å²) in [7, 11) is 0. The van der Waals surface area contributed by atoms with Gasteiger partial charge in [0.2, 0.25) is 0 Å². The lowest BCUT2D eigenvalue weighted by atomic mass is 9.75. The molecule has 0 saturated carbocycles. The molecule has 80 valence electrons. The third-order valence-corrected chi connectivity index (χ3v) is 3.88. The molecule has 1 aromatic carbocycles. The van der Waals surface area contributed by atoms with E-state index in [1.807, 2.05) is 12.1 Å². The Bertz CT molecular complexity index is 375. The number of hydrogen-bond acceptors (Lipinski definition) is 2. The molecule has 2 atom stereocenters. The average Bonchev–Trinajstić information content (AvgIpc) is 2.29. The molecule has 1 fully saturated rings. The van der Waals surface area contributed by atoms with Gasteiger partial charge in [0.1, 0.15) is 5.75 Å². The lowest BCUT2D eigenvalue weighted by Crippen LogP contribution is -2.42. The van der Waals surface area contributed by atoms with E-state index in [0.717, 1.165) is 13.0 Å². The van der Waals surface area contributed by atoms with E-state index in [4.69, 9.17) is 0 Å². The van der Waals surface area contributed by atoms with Crippen molar-refractivity contribution in [3.63, 3.8) is 0 Å². The van der Waals surface area contributed by atoms with Crippen molar-refractivity contribution in [3.05, 3.63) is 29.3 Å². The number of aromatic hydroxyl groups is 1. The van der Waals surface area contributed by atoms with Gasteiger partial charge in [-0.2, -0.15) is 0 Å². The van der Waals surface area contributed by atoms with E-state index in [2.05, 4.69) is 11.4 Å². The molecule has 2 nitrogen and oxygen atoms in total. The zero-order valence-electron chi connectivity index (χ0n) is 8.87. The third kappa shape index (κ3) is 1.44. The van der Waals surface area contributed by atoms with Crippen LogP contribution in [0.15, 0.2) is 18.2 Å². The minimum atomic E-state index is 0.497. The SMILES string of the molecule is Oc1cccc2c1CC[C@H]1NCCC[C@@H]21. The number of fused-ring (bicyclic) bond motifs is 3. The van der Waals surface area contributed by atoms with E-state index < -0.39 is 0 Å². The predicted molar refractivity (Wildman–Crippen MR) is 60.2 cm³/mol. The largest absolute Gasteiger partial charge is 0.508 e. The van der Waals surface area contributed by atoms with Crippen LogP contribution in [-0.2, 0) is 6.42 Å². The number of benzene rings is 1. The summed E-state index contributed by atoms with van der Waals surface area (Å²) in [5, 5.41) is 13.4. The van der Waals surface area contributed by atoms with Gasteiger partial charge in [0.15, 0.2) is 0 Å². The van der Waals surface area contributed by atoms with E-state index in [1.54, 1.807) is 0 Å². The third-order valence-electron chi connectivity index (χ3n) is 3.88. The van der Waals surface area contributed by atoms with Crippen LogP contribution >= 0.6 is 0 Å². The van der Waals surface area contributed by atoms with Gasteiger partial charge >= 0.3 is 0 Å². The molecule has 0 bridgehead atoms. The Balaban J connectivity index is 2.03. The smallest absolute Gasteiger partial charge is 0.119 e. The normalized spacial score (nSPS) is 29.3. The highest BCUT2D eigenvalue weighted by Gasteiger charge is 2.32. The van der Waals surface area contributed by atoms with E-state index >= 15 is 0 Å². The second kappa shape index (κ2) is 3.53. The number of nitrogens with one attached hydrogen (secondary N) is 1. The molecule has 2 heteroatoms. The number of phenolic OH excluding ortho intramolecular Hbond substituents is 1. The summed E-state index contributed by atoms with van der Waals surface area (Å²) in [4.78, 5) is 0. The fraction of sp³-hybridized carbons (Fsp3) is 0.538. The first kappa shape index (κ1) is 9.22. The Labute approximate surface area is 90.3 Å². The van der Waals surface area contributed by atoms with Crippen LogP contribution in [0.2, 0.25) is 0 Å². The van der Waals surface area contributed by atoms with Gasteiger partial charge in [-0.25, -0.2) is 0 Å². The highest BCUT2D eigenvalue weighted by Crippen LogP contribution is 2.39. The summed E-state index contributed by atoms with van der Waals surface area (Å²) in [6.45, 7) is 1.16. The first-order valence-corrected chi connectivity index (χ1v) is 5.90. The van der Waals surface area contributed by atoms with Gasteiger partial charge < -0.3 is 10.4 Å². The van der Waals surface area contributed by atoms with Crippen molar-refractivity contribution in [1.82, 2.24) is 5.32 Å². The Kier molecular flexibility index (Phi) is 2.17. The average molecular weight is 203 g/mol. The molecule has 15 heavy (non-hydrogen) atoms. The first-order chi connectivity index (χ1) is 7.36. The van der Waals surface area contributed by atoms with Crippen molar-refractivity contribution in [2.75, 3.05) is 6.54 Å². The first-order valence-electron chi connectivity index (χ1n) is 5.90. The minimum Gasteiger partial charge on any atom is -0.508 e. The van der Waals surface area contributed by atoms with Gasteiger partial charge in [-0.1, -0.05) is 12.1 Å². The van der Waals surface area contributed by atoms with E-state index in [1.165, 1.54) is 30.4 Å². The lowest BCUT2D eigenvalue weighted by Gasteiger charge is -2.38. The van der Waals surface area contributed by atoms with Crippen LogP contribution in [0.1, 0.15) is 36.3 Å². The van der Waals surface area contributed by atoms with Crippen molar-refractivity contribution in [3.8, 4) is 5.75 Å². The fourth-order valence-corrected chi connectivity index (χ4v) is 3.14. The quantitative estimate of drug-likeness (QED) is 0.677. The summed E-state index contributed by atoms with van der Waals surface area (Å²) in [6.07, 6.45) is 4.73. The van der Waals surface area contributed by atoms with E-state index in [-0.39, 0.29) is 0 Å². The molecule has 1 aromatic rings. The van der Waals surface area contributed by atoms with E-state index in [9.17, 15) is 5.11 Å². The molecule has 2 aliphatic rings. The molecule has 0 unspecified atom stereocenters. The highest BCUT2D eigenvalue weighted by atomic mass is 16.3. The summed E-state index contributed by atoms with van der Waals surface area (Å²) in [5.41, 5.74) is 2.58. The maximum Gasteiger partial charge on any atom is 0.119 e. The van der Waals surface area contributed by atoms with Gasteiger partial charge in [0.25, 0.3) is 0 Å². The van der Waals surface area contributed by atoms with Crippen LogP contribution in [0.25, 0.3) is 0 Å². The molecular weight excluding hydrogens is 186 g/mol. The van der Waals surface area contributed by atoms with Crippen LogP contribution in [0.5, 0.6) is 5.75 Å². The molecule has 1 aliphatic heterocycles. The number of rotatable bonds is 0. The molecule has 0 spiro atoms. The molecular formula is C13H17NO. The van der Waals surface area contributed by atoms with Crippen molar-refractivity contribution in [2.24, 2.45) is 0 Å². The topological polar surface area (TPSA) is 32.3 Å². The van der Waals surface area contributed by atoms with Crippen LogP contribution in [0.4, 0.5) is 0 Å². The number of piperidine rings is 1. The second-order valence-corrected chi connectivity index (χ2v) is 4.69. The van der Waals surface area contributed by atoms with Crippen molar-refractivity contribution in [2.45, 2.75) is 37.6 Å². The van der Waals surface area contributed by atoms with Crippen molar-refractivity contribution < 1.29 is 5.11 Å². The summed E-state index contributed by atoms with van der Waals surface area (Å²) >= 11 is 0. The maximum atomic E-state index is 9.83. The summed E-state index contributed by atoms with van der Waals surface area (Å²) in [5.74, 6) is 1.13. The van der Waals surface area contributed by atoms with Gasteiger partial charge in [-0.15, -0.1) is 0 Å². The zero-order chi connectivity index (χ0) is 10.3. The Morgan fingerprint density at radius 1 is 1.27 bits per heavy atom. The van der Waals surface area contributed by atoms with Crippen molar-refractivity contribution >= 4 is 0 Å². The summed E-state index contributed by atoms with van der Waals surface area (Å²) < 4.78 is 0. The van der Waals surface area contributed by atoms with Crippen LogP contribution < -0.4 is 5.32 Å². The molecule has 2 N–H and O–H groups in total. The van der Waals surface area contributed by atoms with Gasteiger partial charge in [0.05, 0.1) is 0 Å². The monoisotopic (exact) mass is 203 g/mol. The molecule has 1 heterocycles. The number of phenols is 1. The summed E-state index contributed by atoms with van der Waals surface area (Å²) in [6, 6.07) is 6.63. The van der Waals surface area contributed by atoms with Gasteiger partial charge in [-0.05, 0) is 55.3 Å². The molecule has 0 aromatic heterocycles. The molecule has 3 rings (SSSR count). The Morgan fingerprint density at radius 2 is 2.20 bits per heavy atom. The lowest BCUT2D eigenvalue weighted by molar-refractivity contribution is 0.315. The standard InChI is InChI=1S/C13H17NO/c15-13-5-1-3-9-10-4-2-8-14-12(10)7-6-11(9)13/h1,3,5,10,12,14-15H,2,4,6-8H2/t10-,12+/m0/s1. The Morgan fingerprint density at radius 3 is 3.13 bits per heavy atom. The minimum absolute atomic E-state index is 0.497. The van der Waals surface area contributed by atoms with Crippen LogP contribution in [0.3, 0.4) is 0 Å². The predicted octanol–water partition coefficient (Wildman–Crippen LogP) is 2.17. The fourth-order valence-electron chi connectivity index (χ4n) is 3.14. The van der Waals surface area contributed by atoms with Crippen LogP contribution in [-0.4, -0.2) is 17.7 Å². The zero-order valence-corrected chi connectivity index (χ0v) is 8.87. The van der Waals surface area contributed by atoms with E-state index in [0.29, 0.717) is 17.7 Å². The molecule has 0 radical (unpaired) electrons. The van der Waals surface area contributed by atoms with Crippen molar-refractivity contribution in [1.29, 1.82) is 0 Å². The van der Waals surface area contributed by atoms with Gasteiger partial charge in [0, 0.05) is 6.04 Å². The number of hydrogen-bond donors (Lipinski definition) is 2. The second-order valence-electron chi connectivity index (χ2n) is 4.69. The highest BCUT2D eigenvalue weighted by molar-refractivity contribution is 5.44.